The molecule has 1 aromatic heterocycles. The molecule has 0 saturated heterocycles. The highest BCUT2D eigenvalue weighted by atomic mass is 16.5. The SMILES string of the molecule is CC(C)(N)CNC1CCC(c2cc(NC(=O)OCc3ccccc3)n(C(C)(C)C)n2)C1. The molecule has 2 aromatic rings. The molecule has 0 radical (unpaired) electrons. The lowest BCUT2D eigenvalue weighted by molar-refractivity contribution is 0.154. The summed E-state index contributed by atoms with van der Waals surface area (Å²) >= 11 is 0. The van der Waals surface area contributed by atoms with E-state index in [9.17, 15) is 4.79 Å². The number of carbonyl (C=O) groups excluding carboxylic acids is 1. The minimum Gasteiger partial charge on any atom is -0.444 e. The number of amides is 1. The maximum atomic E-state index is 12.4. The van der Waals surface area contributed by atoms with Gasteiger partial charge in [0.15, 0.2) is 0 Å². The Morgan fingerprint density at radius 2 is 1.90 bits per heavy atom. The lowest BCUT2D eigenvalue weighted by Crippen LogP contribution is -2.45. The molecule has 2 atom stereocenters. The number of hydrogen-bond donors (Lipinski definition) is 3. The Bertz CT molecular complexity index is 864. The van der Waals surface area contributed by atoms with Crippen LogP contribution < -0.4 is 16.4 Å². The fraction of sp³-hybridized carbons (Fsp3) is 0.583. The van der Waals surface area contributed by atoms with Crippen LogP contribution in [0.4, 0.5) is 10.6 Å². The zero-order valence-corrected chi connectivity index (χ0v) is 19.4. The zero-order chi connectivity index (χ0) is 22.6. The number of nitrogens with one attached hydrogen (secondary N) is 2. The van der Waals surface area contributed by atoms with Crippen molar-refractivity contribution in [2.75, 3.05) is 11.9 Å². The Morgan fingerprint density at radius 1 is 1.19 bits per heavy atom. The Labute approximate surface area is 185 Å². The first-order valence-corrected chi connectivity index (χ1v) is 11.1. The van der Waals surface area contributed by atoms with E-state index in [-0.39, 0.29) is 17.7 Å². The van der Waals surface area contributed by atoms with E-state index in [1.165, 1.54) is 0 Å². The van der Waals surface area contributed by atoms with E-state index in [0.29, 0.717) is 17.8 Å². The van der Waals surface area contributed by atoms with Gasteiger partial charge in [-0.15, -0.1) is 0 Å². The minimum absolute atomic E-state index is 0.219. The molecular weight excluding hydrogens is 390 g/mol. The van der Waals surface area contributed by atoms with Crippen molar-refractivity contribution < 1.29 is 9.53 Å². The molecule has 7 heteroatoms. The van der Waals surface area contributed by atoms with Gasteiger partial charge in [-0.2, -0.15) is 5.10 Å². The maximum Gasteiger partial charge on any atom is 0.413 e. The van der Waals surface area contributed by atoms with E-state index in [4.69, 9.17) is 15.6 Å². The summed E-state index contributed by atoms with van der Waals surface area (Å²) in [5.74, 6) is 1.03. The molecule has 2 unspecified atom stereocenters. The molecule has 1 saturated carbocycles. The molecule has 1 aliphatic carbocycles. The molecule has 4 N–H and O–H groups in total. The van der Waals surface area contributed by atoms with E-state index >= 15 is 0 Å². The Kier molecular flexibility index (Phi) is 7.06. The average Bonchev–Trinajstić information content (AvgIpc) is 3.32. The van der Waals surface area contributed by atoms with E-state index in [2.05, 4.69) is 31.4 Å². The van der Waals surface area contributed by atoms with Crippen molar-refractivity contribution in [1.29, 1.82) is 0 Å². The fourth-order valence-electron chi connectivity index (χ4n) is 3.91. The Hall–Kier alpha value is -2.38. The first kappa shape index (κ1) is 23.3. The third-order valence-electron chi connectivity index (χ3n) is 5.50. The lowest BCUT2D eigenvalue weighted by atomic mass is 10.0. The summed E-state index contributed by atoms with van der Waals surface area (Å²) < 4.78 is 7.29. The largest absolute Gasteiger partial charge is 0.444 e. The maximum absolute atomic E-state index is 12.4. The van der Waals surface area contributed by atoms with Gasteiger partial charge in [0.25, 0.3) is 0 Å². The summed E-state index contributed by atoms with van der Waals surface area (Å²) in [4.78, 5) is 12.4. The zero-order valence-electron chi connectivity index (χ0n) is 19.4. The predicted molar refractivity (Wildman–Crippen MR) is 124 cm³/mol. The molecule has 170 valence electrons. The van der Waals surface area contributed by atoms with Crippen LogP contribution in [0, 0.1) is 0 Å². The molecule has 1 aromatic carbocycles. The average molecular weight is 428 g/mol. The number of aromatic nitrogens is 2. The number of ether oxygens (including phenoxy) is 1. The van der Waals surface area contributed by atoms with Crippen LogP contribution in [0.15, 0.2) is 36.4 Å². The van der Waals surface area contributed by atoms with E-state index < -0.39 is 6.09 Å². The molecule has 1 fully saturated rings. The Balaban J connectivity index is 1.65. The number of carbonyl (C=O) groups is 1. The molecule has 1 heterocycles. The van der Waals surface area contributed by atoms with Gasteiger partial charge in [0.2, 0.25) is 0 Å². The van der Waals surface area contributed by atoms with Crippen molar-refractivity contribution in [3.8, 4) is 0 Å². The van der Waals surface area contributed by atoms with E-state index in [1.54, 1.807) is 0 Å². The lowest BCUT2D eigenvalue weighted by Gasteiger charge is -2.23. The standard InChI is InChI=1S/C24H37N5O2/c1-23(2,3)29-21(27-22(30)31-15-17-9-7-6-8-10-17)14-20(28-29)18-11-12-19(13-18)26-16-24(4,5)25/h6-10,14,18-19,26H,11-13,15-16,25H2,1-5H3,(H,27,30). The predicted octanol–water partition coefficient (Wildman–Crippen LogP) is 4.35. The number of benzene rings is 1. The topological polar surface area (TPSA) is 94.2 Å². The van der Waals surface area contributed by atoms with Crippen molar-refractivity contribution in [3.63, 3.8) is 0 Å². The van der Waals surface area contributed by atoms with Crippen LogP contribution >= 0.6 is 0 Å². The molecular formula is C24H37N5O2. The third-order valence-corrected chi connectivity index (χ3v) is 5.50. The van der Waals surface area contributed by atoms with Crippen LogP contribution in [0.1, 0.15) is 71.1 Å². The van der Waals surface area contributed by atoms with Gasteiger partial charge in [-0.05, 0) is 59.4 Å². The molecule has 0 aliphatic heterocycles. The van der Waals surface area contributed by atoms with Gasteiger partial charge in [-0.25, -0.2) is 9.48 Å². The summed E-state index contributed by atoms with van der Waals surface area (Å²) in [6.07, 6.45) is 2.72. The molecule has 7 nitrogen and oxygen atoms in total. The molecule has 31 heavy (non-hydrogen) atoms. The van der Waals surface area contributed by atoms with Gasteiger partial charge in [-0.1, -0.05) is 30.3 Å². The van der Waals surface area contributed by atoms with Gasteiger partial charge in [0.05, 0.1) is 11.2 Å². The van der Waals surface area contributed by atoms with Crippen LogP contribution in [-0.4, -0.2) is 34.0 Å². The number of nitrogens with zero attached hydrogens (tertiary/aromatic N) is 2. The molecule has 1 amide bonds. The van der Waals surface area contributed by atoms with Crippen molar-refractivity contribution in [3.05, 3.63) is 47.7 Å². The second kappa shape index (κ2) is 9.40. The van der Waals surface area contributed by atoms with Gasteiger partial charge >= 0.3 is 6.09 Å². The highest BCUT2D eigenvalue weighted by Gasteiger charge is 2.31. The quantitative estimate of drug-likeness (QED) is 0.611. The summed E-state index contributed by atoms with van der Waals surface area (Å²) in [5.41, 5.74) is 7.60. The molecule has 0 spiro atoms. The molecule has 3 rings (SSSR count). The summed E-state index contributed by atoms with van der Waals surface area (Å²) in [7, 11) is 0. The van der Waals surface area contributed by atoms with Gasteiger partial charge in [0.1, 0.15) is 12.4 Å². The summed E-state index contributed by atoms with van der Waals surface area (Å²) in [5, 5.41) is 11.4. The van der Waals surface area contributed by atoms with Gasteiger partial charge in [-0.3, -0.25) is 5.32 Å². The highest BCUT2D eigenvalue weighted by Crippen LogP contribution is 2.36. The minimum atomic E-state index is -0.475. The smallest absolute Gasteiger partial charge is 0.413 e. The van der Waals surface area contributed by atoms with Crippen molar-refractivity contribution in [1.82, 2.24) is 15.1 Å². The third kappa shape index (κ3) is 6.80. The number of nitrogens with two attached hydrogens (primary N) is 1. The van der Waals surface area contributed by atoms with Crippen LogP contribution in [0.3, 0.4) is 0 Å². The van der Waals surface area contributed by atoms with Crippen molar-refractivity contribution in [2.24, 2.45) is 5.73 Å². The van der Waals surface area contributed by atoms with Crippen LogP contribution in [0.25, 0.3) is 0 Å². The van der Waals surface area contributed by atoms with Crippen molar-refractivity contribution in [2.45, 2.75) is 83.5 Å². The van der Waals surface area contributed by atoms with E-state index in [1.807, 2.05) is 54.9 Å². The first-order valence-electron chi connectivity index (χ1n) is 11.1. The van der Waals surface area contributed by atoms with Crippen LogP contribution in [0.5, 0.6) is 0 Å². The van der Waals surface area contributed by atoms with Crippen LogP contribution in [0.2, 0.25) is 0 Å². The summed E-state index contributed by atoms with van der Waals surface area (Å²) in [6.45, 7) is 11.3. The monoisotopic (exact) mass is 427 g/mol. The second-order valence-electron chi connectivity index (χ2n) is 10.3. The van der Waals surface area contributed by atoms with Crippen molar-refractivity contribution >= 4 is 11.9 Å². The number of hydrogen-bond acceptors (Lipinski definition) is 5. The van der Waals surface area contributed by atoms with Crippen LogP contribution in [-0.2, 0) is 16.9 Å². The van der Waals surface area contributed by atoms with Gasteiger partial charge < -0.3 is 15.8 Å². The summed E-state index contributed by atoms with van der Waals surface area (Å²) in [6, 6.07) is 12.1. The van der Waals surface area contributed by atoms with Gasteiger partial charge in [0, 0.05) is 30.1 Å². The highest BCUT2D eigenvalue weighted by molar-refractivity contribution is 5.83. The fourth-order valence-corrected chi connectivity index (χ4v) is 3.91. The molecule has 0 bridgehead atoms. The number of anilines is 1. The Morgan fingerprint density at radius 3 is 2.55 bits per heavy atom. The van der Waals surface area contributed by atoms with E-state index in [0.717, 1.165) is 37.1 Å². The second-order valence-corrected chi connectivity index (χ2v) is 10.3. The number of rotatable bonds is 7. The first-order chi connectivity index (χ1) is 14.5. The molecule has 1 aliphatic rings. The normalized spacial score (nSPS) is 19.4.